The lowest BCUT2D eigenvalue weighted by atomic mass is 9.83. The Kier molecular flexibility index (Phi) is 5.71. The van der Waals surface area contributed by atoms with Crippen molar-refractivity contribution in [3.63, 3.8) is 0 Å². The number of fused-ring (bicyclic) bond motifs is 2. The number of esters is 2. The van der Waals surface area contributed by atoms with Crippen molar-refractivity contribution in [2.75, 3.05) is 13.2 Å². The topological polar surface area (TPSA) is 77.7 Å². The summed E-state index contributed by atoms with van der Waals surface area (Å²) in [6.45, 7) is 5.29. The van der Waals surface area contributed by atoms with Crippen LogP contribution in [0.2, 0.25) is 0 Å². The first-order valence-electron chi connectivity index (χ1n) is 11.0. The fraction of sp³-hybridized carbons (Fsp3) is 0.909. The second-order valence-electron chi connectivity index (χ2n) is 9.71. The van der Waals surface area contributed by atoms with Crippen molar-refractivity contribution in [3.05, 3.63) is 0 Å². The number of hydrogen-bond donors (Lipinski definition) is 0. The summed E-state index contributed by atoms with van der Waals surface area (Å²) in [5.74, 6) is 0.515. The molecule has 2 saturated heterocycles. The summed E-state index contributed by atoms with van der Waals surface area (Å²) in [6, 6.07) is 0. The molecule has 2 aliphatic heterocycles. The summed E-state index contributed by atoms with van der Waals surface area (Å²) in [4.78, 5) is 23.8. The van der Waals surface area contributed by atoms with E-state index in [1.165, 1.54) is 0 Å². The average Bonchev–Trinajstić information content (AvgIpc) is 3.53. The van der Waals surface area contributed by atoms with Crippen molar-refractivity contribution in [1.82, 2.24) is 0 Å². The molecule has 0 radical (unpaired) electrons. The standard InChI is InChI=1S/C22H34O6/c1-21-11-15(7-9-17(21)27-21)13-25-19(23)5-3-4-6-20(24)26-14-16-8-10-18-22(2,12-16)28-18/h15-18H,3-14H2,1-2H3. The van der Waals surface area contributed by atoms with Crippen molar-refractivity contribution in [3.8, 4) is 0 Å². The van der Waals surface area contributed by atoms with Crippen LogP contribution >= 0.6 is 0 Å². The zero-order valence-electron chi connectivity index (χ0n) is 17.2. The highest BCUT2D eigenvalue weighted by molar-refractivity contribution is 5.70. The average molecular weight is 395 g/mol. The van der Waals surface area contributed by atoms with Gasteiger partial charge in [0.2, 0.25) is 0 Å². The zero-order chi connectivity index (χ0) is 19.8. The lowest BCUT2D eigenvalue weighted by molar-refractivity contribution is -0.147. The molecular weight excluding hydrogens is 360 g/mol. The van der Waals surface area contributed by atoms with E-state index in [4.69, 9.17) is 18.9 Å². The van der Waals surface area contributed by atoms with Crippen LogP contribution in [0.1, 0.15) is 78.1 Å². The number of carbonyl (C=O) groups is 2. The Morgan fingerprint density at radius 3 is 1.61 bits per heavy atom. The molecule has 2 heterocycles. The van der Waals surface area contributed by atoms with Crippen molar-refractivity contribution < 1.29 is 28.5 Å². The Bertz CT molecular complexity index is 554. The second kappa shape index (κ2) is 7.94. The molecule has 4 fully saturated rings. The molecule has 4 rings (SSSR count). The smallest absolute Gasteiger partial charge is 0.305 e. The van der Waals surface area contributed by atoms with Gasteiger partial charge in [-0.3, -0.25) is 9.59 Å². The SMILES string of the molecule is CC12CC(COC(=O)CCCCC(=O)OCC3CCC4OC4(C)C3)CCC1O2. The van der Waals surface area contributed by atoms with Gasteiger partial charge in [-0.2, -0.15) is 0 Å². The summed E-state index contributed by atoms with van der Waals surface area (Å²) in [5, 5.41) is 0. The minimum atomic E-state index is -0.160. The molecule has 0 amide bonds. The fourth-order valence-corrected chi connectivity index (χ4v) is 5.18. The first-order chi connectivity index (χ1) is 13.4. The Balaban J connectivity index is 1.01. The normalized spacial score (nSPS) is 40.8. The van der Waals surface area contributed by atoms with Crippen molar-refractivity contribution in [2.45, 2.75) is 101 Å². The minimum Gasteiger partial charge on any atom is -0.465 e. The van der Waals surface area contributed by atoms with Crippen LogP contribution in [-0.4, -0.2) is 48.6 Å². The number of rotatable bonds is 9. The first-order valence-corrected chi connectivity index (χ1v) is 11.0. The molecule has 4 aliphatic rings. The maximum absolute atomic E-state index is 11.9. The first kappa shape index (κ1) is 20.1. The van der Waals surface area contributed by atoms with Crippen molar-refractivity contribution in [1.29, 1.82) is 0 Å². The molecule has 6 heteroatoms. The molecule has 0 N–H and O–H groups in total. The third-order valence-electron chi connectivity index (χ3n) is 7.10. The maximum atomic E-state index is 11.9. The highest BCUT2D eigenvalue weighted by Crippen LogP contribution is 2.50. The molecule has 6 unspecified atom stereocenters. The number of ether oxygens (including phenoxy) is 4. The van der Waals surface area contributed by atoms with Gasteiger partial charge in [0.1, 0.15) is 0 Å². The van der Waals surface area contributed by atoms with Crippen LogP contribution in [0.5, 0.6) is 0 Å². The monoisotopic (exact) mass is 394 g/mol. The Morgan fingerprint density at radius 1 is 0.786 bits per heavy atom. The van der Waals surface area contributed by atoms with Gasteiger partial charge in [0.25, 0.3) is 0 Å². The second-order valence-corrected chi connectivity index (χ2v) is 9.71. The van der Waals surface area contributed by atoms with Crippen LogP contribution in [0, 0.1) is 11.8 Å². The Morgan fingerprint density at radius 2 is 1.21 bits per heavy atom. The summed E-state index contributed by atoms with van der Waals surface area (Å²) in [7, 11) is 0. The molecule has 2 saturated carbocycles. The van der Waals surface area contributed by atoms with Crippen LogP contribution in [0.25, 0.3) is 0 Å². The summed E-state index contributed by atoms with van der Waals surface area (Å²) in [6.07, 6.45) is 9.22. The molecule has 6 nitrogen and oxygen atoms in total. The number of epoxide rings is 2. The van der Waals surface area contributed by atoms with Gasteiger partial charge in [-0.25, -0.2) is 0 Å². The van der Waals surface area contributed by atoms with E-state index in [0.29, 0.717) is 62.9 Å². The van der Waals surface area contributed by atoms with Gasteiger partial charge in [-0.15, -0.1) is 0 Å². The fourth-order valence-electron chi connectivity index (χ4n) is 5.18. The molecule has 0 aromatic heterocycles. The molecule has 6 atom stereocenters. The summed E-state index contributed by atoms with van der Waals surface area (Å²) < 4.78 is 22.2. The lowest BCUT2D eigenvalue weighted by Crippen LogP contribution is -2.26. The third-order valence-corrected chi connectivity index (χ3v) is 7.10. The molecule has 28 heavy (non-hydrogen) atoms. The van der Waals surface area contributed by atoms with E-state index < -0.39 is 0 Å². The number of carbonyl (C=O) groups excluding carboxylic acids is 2. The molecule has 158 valence electrons. The van der Waals surface area contributed by atoms with E-state index in [1.807, 2.05) is 0 Å². The zero-order valence-corrected chi connectivity index (χ0v) is 17.2. The lowest BCUT2D eigenvalue weighted by Gasteiger charge is -2.23. The van der Waals surface area contributed by atoms with Gasteiger partial charge in [0, 0.05) is 12.8 Å². The van der Waals surface area contributed by atoms with E-state index in [1.54, 1.807) is 0 Å². The summed E-state index contributed by atoms with van der Waals surface area (Å²) in [5.41, 5.74) is 0.0802. The predicted molar refractivity (Wildman–Crippen MR) is 102 cm³/mol. The van der Waals surface area contributed by atoms with Gasteiger partial charge in [-0.05, 0) is 77.0 Å². The molecule has 2 aliphatic carbocycles. The number of unbranched alkanes of at least 4 members (excludes halogenated alkanes) is 1. The quantitative estimate of drug-likeness (QED) is 0.338. The minimum absolute atomic E-state index is 0.0401. The van der Waals surface area contributed by atoms with E-state index >= 15 is 0 Å². The van der Waals surface area contributed by atoms with Gasteiger partial charge in [0.15, 0.2) is 0 Å². The molecular formula is C22H34O6. The summed E-state index contributed by atoms with van der Waals surface area (Å²) >= 11 is 0. The largest absolute Gasteiger partial charge is 0.465 e. The van der Waals surface area contributed by atoms with E-state index in [2.05, 4.69) is 13.8 Å². The molecule has 0 bridgehead atoms. The van der Waals surface area contributed by atoms with E-state index in [9.17, 15) is 9.59 Å². The van der Waals surface area contributed by atoms with Gasteiger partial charge in [-0.1, -0.05) is 0 Å². The Labute approximate surface area is 167 Å². The van der Waals surface area contributed by atoms with Crippen LogP contribution in [0.4, 0.5) is 0 Å². The van der Waals surface area contributed by atoms with Crippen LogP contribution < -0.4 is 0 Å². The van der Waals surface area contributed by atoms with Crippen molar-refractivity contribution >= 4 is 11.9 Å². The number of hydrogen-bond acceptors (Lipinski definition) is 6. The Hall–Kier alpha value is -1.14. The maximum Gasteiger partial charge on any atom is 0.305 e. The molecule has 0 spiro atoms. The van der Waals surface area contributed by atoms with Gasteiger partial charge in [0.05, 0.1) is 36.6 Å². The van der Waals surface area contributed by atoms with Crippen LogP contribution in [0.15, 0.2) is 0 Å². The van der Waals surface area contributed by atoms with Crippen LogP contribution in [-0.2, 0) is 28.5 Å². The van der Waals surface area contributed by atoms with Gasteiger partial charge >= 0.3 is 11.9 Å². The van der Waals surface area contributed by atoms with Crippen LogP contribution in [0.3, 0.4) is 0 Å². The van der Waals surface area contributed by atoms with Crippen molar-refractivity contribution in [2.24, 2.45) is 11.8 Å². The third kappa shape index (κ3) is 4.88. The van der Waals surface area contributed by atoms with E-state index in [0.717, 1.165) is 38.5 Å². The van der Waals surface area contributed by atoms with Gasteiger partial charge < -0.3 is 18.9 Å². The molecule has 0 aromatic rings. The van der Waals surface area contributed by atoms with E-state index in [-0.39, 0.29) is 23.1 Å². The predicted octanol–water partition coefficient (Wildman–Crippen LogP) is 3.55. The highest BCUT2D eigenvalue weighted by atomic mass is 16.6. The highest BCUT2D eigenvalue weighted by Gasteiger charge is 2.56. The molecule has 0 aromatic carbocycles.